The van der Waals surface area contributed by atoms with Gasteiger partial charge in [0, 0.05) is 23.4 Å². The van der Waals surface area contributed by atoms with Crippen LogP contribution in [-0.4, -0.2) is 23.5 Å². The van der Waals surface area contributed by atoms with Crippen LogP contribution in [0.5, 0.6) is 5.75 Å². The van der Waals surface area contributed by atoms with Gasteiger partial charge < -0.3 is 20.5 Å². The molecule has 184 valence electrons. The number of carbonyl (C=O) groups excluding carboxylic acids is 1. The number of ether oxygens (including phenoxy) is 1. The number of para-hydroxylation sites is 1. The van der Waals surface area contributed by atoms with Gasteiger partial charge in [-0.15, -0.1) is 13.2 Å². The van der Waals surface area contributed by atoms with Crippen molar-refractivity contribution in [3.8, 4) is 16.9 Å². The first kappa shape index (κ1) is 26.2. The molecule has 0 aliphatic carbocycles. The van der Waals surface area contributed by atoms with Gasteiger partial charge in [-0.2, -0.15) is 0 Å². The number of aliphatic carboxylic acids is 1. The Balaban J connectivity index is 1.72. The lowest BCUT2D eigenvalue weighted by molar-refractivity contribution is -0.274. The Morgan fingerprint density at radius 2 is 1.69 bits per heavy atom. The van der Waals surface area contributed by atoms with E-state index in [1.54, 1.807) is 25.1 Å². The number of amides is 2. The SMILES string of the molecule is Cc1cc(CC(=O)O)ccc1CNC(=O)Nc1cc(Cl)c(-c2ccccc2OC(F)(F)F)c(Cl)c1. The number of carbonyl (C=O) groups is 2. The predicted molar refractivity (Wildman–Crippen MR) is 127 cm³/mol. The molecule has 3 rings (SSSR count). The fourth-order valence-corrected chi connectivity index (χ4v) is 4.07. The molecule has 0 fully saturated rings. The number of benzene rings is 3. The first-order valence-corrected chi connectivity index (χ1v) is 10.9. The summed E-state index contributed by atoms with van der Waals surface area (Å²) in [4.78, 5) is 23.2. The standard InChI is InChI=1S/C24H19Cl2F3N2O4/c1-13-8-14(9-21(32)33)6-7-15(13)12-30-23(34)31-16-10-18(25)22(19(26)11-16)17-4-2-3-5-20(17)35-24(27,28)29/h2-8,10-11H,9,12H2,1H3,(H,32,33)(H2,30,31,34). The molecule has 3 aromatic rings. The van der Waals surface area contributed by atoms with Crippen molar-refractivity contribution in [1.29, 1.82) is 0 Å². The first-order chi connectivity index (χ1) is 16.4. The molecule has 0 saturated heterocycles. The average molecular weight is 527 g/mol. The van der Waals surface area contributed by atoms with Crippen LogP contribution in [0.25, 0.3) is 11.1 Å². The second kappa shape index (κ2) is 10.9. The Bertz CT molecular complexity index is 1240. The summed E-state index contributed by atoms with van der Waals surface area (Å²) in [7, 11) is 0. The highest BCUT2D eigenvalue weighted by molar-refractivity contribution is 6.40. The van der Waals surface area contributed by atoms with Gasteiger partial charge in [-0.25, -0.2) is 4.79 Å². The van der Waals surface area contributed by atoms with Gasteiger partial charge >= 0.3 is 18.4 Å². The highest BCUT2D eigenvalue weighted by Crippen LogP contribution is 2.42. The number of nitrogens with one attached hydrogen (secondary N) is 2. The van der Waals surface area contributed by atoms with Crippen molar-refractivity contribution in [3.05, 3.63) is 81.3 Å². The molecule has 0 aliphatic heterocycles. The maximum atomic E-state index is 12.8. The Morgan fingerprint density at radius 3 is 2.29 bits per heavy atom. The monoisotopic (exact) mass is 526 g/mol. The molecule has 11 heteroatoms. The van der Waals surface area contributed by atoms with Crippen LogP contribution < -0.4 is 15.4 Å². The molecule has 0 bridgehead atoms. The summed E-state index contributed by atoms with van der Waals surface area (Å²) in [5.41, 5.74) is 2.65. The van der Waals surface area contributed by atoms with E-state index in [4.69, 9.17) is 28.3 Å². The predicted octanol–water partition coefficient (Wildman–Crippen LogP) is 6.82. The summed E-state index contributed by atoms with van der Waals surface area (Å²) in [5.74, 6) is -1.40. The Kier molecular flexibility index (Phi) is 8.14. The molecule has 3 N–H and O–H groups in total. The maximum Gasteiger partial charge on any atom is 0.573 e. The number of aryl methyl sites for hydroxylation is 1. The molecular formula is C24H19Cl2F3N2O4. The molecule has 2 amide bonds. The minimum Gasteiger partial charge on any atom is -0.481 e. The van der Waals surface area contributed by atoms with Gasteiger partial charge in [-0.3, -0.25) is 4.79 Å². The van der Waals surface area contributed by atoms with Crippen LogP contribution in [0.4, 0.5) is 23.7 Å². The van der Waals surface area contributed by atoms with Crippen molar-refractivity contribution in [3.63, 3.8) is 0 Å². The fourth-order valence-electron chi connectivity index (χ4n) is 3.38. The van der Waals surface area contributed by atoms with Gasteiger partial charge in [0.15, 0.2) is 0 Å². The molecule has 0 saturated carbocycles. The largest absolute Gasteiger partial charge is 0.573 e. The zero-order valence-electron chi connectivity index (χ0n) is 18.2. The smallest absolute Gasteiger partial charge is 0.481 e. The summed E-state index contributed by atoms with van der Waals surface area (Å²) in [6.45, 7) is 1.98. The van der Waals surface area contributed by atoms with Gasteiger partial charge in [-0.1, -0.05) is 59.6 Å². The van der Waals surface area contributed by atoms with Crippen LogP contribution in [0.2, 0.25) is 10.0 Å². The summed E-state index contributed by atoms with van der Waals surface area (Å²) < 4.78 is 42.4. The van der Waals surface area contributed by atoms with Crippen molar-refractivity contribution in [2.24, 2.45) is 0 Å². The third-order valence-electron chi connectivity index (χ3n) is 4.88. The molecule has 0 unspecified atom stereocenters. The minimum atomic E-state index is -4.90. The van der Waals surface area contributed by atoms with Crippen LogP contribution in [0.15, 0.2) is 54.6 Å². The Labute approximate surface area is 208 Å². The molecule has 0 spiro atoms. The lowest BCUT2D eigenvalue weighted by Crippen LogP contribution is -2.28. The highest BCUT2D eigenvalue weighted by atomic mass is 35.5. The summed E-state index contributed by atoms with van der Waals surface area (Å²) >= 11 is 12.6. The summed E-state index contributed by atoms with van der Waals surface area (Å²) in [6, 6.07) is 12.7. The van der Waals surface area contributed by atoms with E-state index in [-0.39, 0.29) is 39.8 Å². The third-order valence-corrected chi connectivity index (χ3v) is 5.48. The van der Waals surface area contributed by atoms with E-state index in [0.717, 1.165) is 17.2 Å². The number of halogens is 5. The number of rotatable bonds is 7. The van der Waals surface area contributed by atoms with Crippen LogP contribution >= 0.6 is 23.2 Å². The normalized spacial score (nSPS) is 11.1. The number of carboxylic acids is 1. The topological polar surface area (TPSA) is 87.7 Å². The second-order valence-electron chi connectivity index (χ2n) is 7.50. The molecule has 0 aliphatic rings. The number of hydrogen-bond acceptors (Lipinski definition) is 3. The third kappa shape index (κ3) is 7.27. The highest BCUT2D eigenvalue weighted by Gasteiger charge is 2.32. The van der Waals surface area contributed by atoms with Crippen molar-refractivity contribution in [2.75, 3.05) is 5.32 Å². The zero-order valence-corrected chi connectivity index (χ0v) is 19.7. The number of carboxylic acid groups (broad SMARTS) is 1. The average Bonchev–Trinajstić information content (AvgIpc) is 2.72. The fraction of sp³-hybridized carbons (Fsp3) is 0.167. The van der Waals surface area contributed by atoms with Gasteiger partial charge in [0.2, 0.25) is 0 Å². The molecule has 3 aromatic carbocycles. The quantitative estimate of drug-likeness (QED) is 0.315. The lowest BCUT2D eigenvalue weighted by atomic mass is 10.0. The molecule has 35 heavy (non-hydrogen) atoms. The summed E-state index contributed by atoms with van der Waals surface area (Å²) in [6.07, 6.45) is -5.00. The van der Waals surface area contributed by atoms with E-state index in [1.165, 1.54) is 30.3 Å². The molecule has 0 aromatic heterocycles. The summed E-state index contributed by atoms with van der Waals surface area (Å²) in [5, 5.41) is 14.2. The Hall–Kier alpha value is -3.43. The van der Waals surface area contributed by atoms with E-state index >= 15 is 0 Å². The molecular weight excluding hydrogens is 508 g/mol. The Morgan fingerprint density at radius 1 is 1.03 bits per heavy atom. The van der Waals surface area contributed by atoms with Crippen LogP contribution in [0.3, 0.4) is 0 Å². The molecule has 0 radical (unpaired) electrons. The van der Waals surface area contributed by atoms with E-state index in [1.807, 2.05) is 0 Å². The number of urea groups is 1. The number of hydrogen-bond donors (Lipinski definition) is 3. The van der Waals surface area contributed by atoms with Gasteiger partial charge in [0.25, 0.3) is 0 Å². The van der Waals surface area contributed by atoms with Crippen molar-refractivity contribution in [2.45, 2.75) is 26.3 Å². The number of alkyl halides is 3. The van der Waals surface area contributed by atoms with Crippen LogP contribution in [0.1, 0.15) is 16.7 Å². The molecule has 6 nitrogen and oxygen atoms in total. The van der Waals surface area contributed by atoms with Crippen molar-refractivity contribution in [1.82, 2.24) is 5.32 Å². The van der Waals surface area contributed by atoms with Crippen molar-refractivity contribution < 1.29 is 32.6 Å². The zero-order chi connectivity index (χ0) is 25.8. The van der Waals surface area contributed by atoms with E-state index in [2.05, 4.69) is 15.4 Å². The van der Waals surface area contributed by atoms with Gasteiger partial charge in [0.1, 0.15) is 5.75 Å². The van der Waals surface area contributed by atoms with Crippen LogP contribution in [-0.2, 0) is 17.8 Å². The number of anilines is 1. The van der Waals surface area contributed by atoms with Gasteiger partial charge in [0.05, 0.1) is 16.5 Å². The minimum absolute atomic E-state index is 0.0101. The molecule has 0 atom stereocenters. The molecule has 0 heterocycles. The van der Waals surface area contributed by atoms with E-state index < -0.39 is 24.1 Å². The van der Waals surface area contributed by atoms with Gasteiger partial charge in [-0.05, 0) is 41.8 Å². The first-order valence-electron chi connectivity index (χ1n) is 10.1. The van der Waals surface area contributed by atoms with Crippen molar-refractivity contribution >= 4 is 40.9 Å². The lowest BCUT2D eigenvalue weighted by Gasteiger charge is -2.16. The van der Waals surface area contributed by atoms with E-state index in [9.17, 15) is 22.8 Å². The van der Waals surface area contributed by atoms with E-state index in [0.29, 0.717) is 5.56 Å². The second-order valence-corrected chi connectivity index (χ2v) is 8.31. The maximum absolute atomic E-state index is 12.8. The van der Waals surface area contributed by atoms with Crippen LogP contribution in [0, 0.1) is 6.92 Å².